The van der Waals surface area contributed by atoms with Gasteiger partial charge < -0.3 is 15.7 Å². The van der Waals surface area contributed by atoms with Crippen LogP contribution in [0.25, 0.3) is 0 Å². The lowest BCUT2D eigenvalue weighted by molar-refractivity contribution is -0.137. The van der Waals surface area contributed by atoms with E-state index in [0.29, 0.717) is 13.0 Å². The monoisotopic (exact) mass is 290 g/mol. The zero-order valence-corrected chi connectivity index (χ0v) is 12.4. The van der Waals surface area contributed by atoms with Crippen LogP contribution in [0.15, 0.2) is 0 Å². The van der Waals surface area contributed by atoms with Crippen LogP contribution in [-0.4, -0.2) is 61.0 Å². The van der Waals surface area contributed by atoms with Gasteiger partial charge in [-0.25, -0.2) is 0 Å². The first-order valence-corrected chi connectivity index (χ1v) is 6.75. The minimum absolute atomic E-state index is 0.0550. The second kappa shape index (κ2) is 10.2. The highest BCUT2D eigenvalue weighted by atomic mass is 16.4. The van der Waals surface area contributed by atoms with Crippen molar-refractivity contribution < 1.29 is 19.5 Å². The van der Waals surface area contributed by atoms with Gasteiger partial charge in [0.25, 0.3) is 0 Å². The molecule has 0 bridgehead atoms. The summed E-state index contributed by atoms with van der Waals surface area (Å²) in [4.78, 5) is 34.8. The largest absolute Gasteiger partial charge is 0.481 e. The normalized spacial score (nSPS) is 12.0. The SMILES string of the molecule is C[13C](=O)NCCCCC(C(=O)N[13CH2]CC(=O)O)N(C)[13CH3]. The molecule has 0 aromatic carbocycles. The number of carbonyl (C=O) groups excluding carboxylic acids is 2. The smallest absolute Gasteiger partial charge is 0.305 e. The van der Waals surface area contributed by atoms with Gasteiger partial charge in [0, 0.05) is 20.0 Å². The van der Waals surface area contributed by atoms with Crippen LogP contribution >= 0.6 is 0 Å². The van der Waals surface area contributed by atoms with Crippen molar-refractivity contribution in [2.75, 3.05) is 27.2 Å². The highest BCUT2D eigenvalue weighted by Crippen LogP contribution is 2.06. The Labute approximate surface area is 119 Å². The van der Waals surface area contributed by atoms with E-state index in [1.54, 1.807) is 0 Å². The van der Waals surface area contributed by atoms with Gasteiger partial charge in [-0.15, -0.1) is 0 Å². The molecule has 116 valence electrons. The number of hydrogen-bond donors (Lipinski definition) is 3. The Morgan fingerprint density at radius 1 is 1.10 bits per heavy atom. The first kappa shape index (κ1) is 18.4. The average molecular weight is 290 g/mol. The maximum absolute atomic E-state index is 11.9. The van der Waals surface area contributed by atoms with Crippen molar-refractivity contribution in [1.29, 1.82) is 0 Å². The molecule has 2 amide bonds. The van der Waals surface area contributed by atoms with Crippen molar-refractivity contribution >= 4 is 17.8 Å². The van der Waals surface area contributed by atoms with Crippen molar-refractivity contribution in [2.24, 2.45) is 0 Å². The number of carbonyl (C=O) groups is 3. The number of unbranched alkanes of at least 4 members (excludes halogenated alkanes) is 1. The van der Waals surface area contributed by atoms with Crippen LogP contribution in [0, 0.1) is 0 Å². The van der Waals surface area contributed by atoms with E-state index < -0.39 is 5.97 Å². The zero-order chi connectivity index (χ0) is 15.5. The molecule has 0 saturated heterocycles. The summed E-state index contributed by atoms with van der Waals surface area (Å²) < 4.78 is 0. The molecule has 1 atom stereocenters. The maximum Gasteiger partial charge on any atom is 0.305 e. The second-order valence-electron chi connectivity index (χ2n) is 4.89. The van der Waals surface area contributed by atoms with E-state index in [0.717, 1.165) is 12.8 Å². The number of carboxylic acid groups (broad SMARTS) is 1. The van der Waals surface area contributed by atoms with E-state index in [4.69, 9.17) is 5.11 Å². The Bertz CT molecular complexity index is 332. The van der Waals surface area contributed by atoms with Crippen LogP contribution in [0.4, 0.5) is 0 Å². The predicted octanol–water partition coefficient (Wildman–Crippen LogP) is -0.186. The number of aliphatic carboxylic acids is 1. The molecule has 20 heavy (non-hydrogen) atoms. The fourth-order valence-corrected chi connectivity index (χ4v) is 1.76. The highest BCUT2D eigenvalue weighted by molar-refractivity contribution is 5.82. The van der Waals surface area contributed by atoms with E-state index in [1.807, 2.05) is 19.0 Å². The number of nitrogens with zero attached hydrogens (tertiary/aromatic N) is 1. The fraction of sp³-hybridized carbons (Fsp3) is 0.769. The van der Waals surface area contributed by atoms with E-state index in [9.17, 15) is 14.4 Å². The summed E-state index contributed by atoms with van der Waals surface area (Å²) in [5, 5.41) is 13.9. The molecule has 0 saturated carbocycles. The van der Waals surface area contributed by atoms with Crippen molar-refractivity contribution in [2.45, 2.75) is 38.6 Å². The quantitative estimate of drug-likeness (QED) is 0.383. The number of hydrogen-bond acceptors (Lipinski definition) is 4. The fourth-order valence-electron chi connectivity index (χ4n) is 1.76. The average Bonchev–Trinajstić information content (AvgIpc) is 2.32. The van der Waals surface area contributed by atoms with Crippen molar-refractivity contribution in [3.63, 3.8) is 0 Å². The molecule has 3 N–H and O–H groups in total. The van der Waals surface area contributed by atoms with E-state index >= 15 is 0 Å². The summed E-state index contributed by atoms with van der Waals surface area (Å²) in [6, 6.07) is -0.277. The molecule has 0 radical (unpaired) electrons. The standard InChI is InChI=1S/C13H25N3O4/c1-10(17)14-8-5-4-6-11(16(2)3)13(20)15-9-7-12(18)19/h11H,4-9H2,1-3H3,(H,14,17)(H,15,20)(H,18,19)/i2+1,9+1,10+1. The third-order valence-corrected chi connectivity index (χ3v) is 2.84. The first-order chi connectivity index (χ1) is 9.34. The van der Waals surface area contributed by atoms with Gasteiger partial charge in [-0.05, 0) is 33.4 Å². The lowest BCUT2D eigenvalue weighted by atomic mass is 10.1. The molecule has 0 fully saturated rings. The first-order valence-electron chi connectivity index (χ1n) is 6.75. The lowest BCUT2D eigenvalue weighted by Gasteiger charge is -2.23. The molecule has 0 rings (SSSR count). The van der Waals surface area contributed by atoms with Crippen LogP contribution in [-0.2, 0) is 14.4 Å². The Balaban J connectivity index is 3.99. The molecule has 1 unspecified atom stereocenters. The van der Waals surface area contributed by atoms with Crippen LogP contribution in [0.1, 0.15) is 32.6 Å². The zero-order valence-electron chi connectivity index (χ0n) is 12.4. The Hall–Kier alpha value is -1.63. The van der Waals surface area contributed by atoms with Gasteiger partial charge in [-0.1, -0.05) is 0 Å². The van der Waals surface area contributed by atoms with Crippen LogP contribution in [0.5, 0.6) is 0 Å². The molecule has 0 aliphatic carbocycles. The molecule has 7 heteroatoms. The number of amides is 2. The molecule has 0 heterocycles. The van der Waals surface area contributed by atoms with Gasteiger partial charge >= 0.3 is 5.97 Å². The lowest BCUT2D eigenvalue weighted by Crippen LogP contribution is -2.44. The van der Waals surface area contributed by atoms with E-state index in [2.05, 4.69) is 10.6 Å². The van der Waals surface area contributed by atoms with Gasteiger partial charge in [0.1, 0.15) is 0 Å². The third-order valence-electron chi connectivity index (χ3n) is 2.84. The summed E-state index contributed by atoms with van der Waals surface area (Å²) in [6.07, 6.45) is 2.22. The maximum atomic E-state index is 11.9. The van der Waals surface area contributed by atoms with Gasteiger partial charge in [-0.3, -0.25) is 19.3 Å². The molecule has 0 aromatic rings. The third kappa shape index (κ3) is 9.32. The molecule has 0 aromatic heterocycles. The summed E-state index contributed by atoms with van der Waals surface area (Å²) in [7, 11) is 3.63. The Kier molecular flexibility index (Phi) is 9.36. The van der Waals surface area contributed by atoms with Crippen molar-refractivity contribution in [3.05, 3.63) is 0 Å². The predicted molar refractivity (Wildman–Crippen MR) is 75.3 cm³/mol. The van der Waals surface area contributed by atoms with E-state index in [-0.39, 0.29) is 30.8 Å². The Morgan fingerprint density at radius 3 is 2.25 bits per heavy atom. The number of carboxylic acids is 1. The van der Waals surface area contributed by atoms with Crippen molar-refractivity contribution in [1.82, 2.24) is 15.5 Å². The Morgan fingerprint density at radius 2 is 1.75 bits per heavy atom. The summed E-state index contributed by atoms with van der Waals surface area (Å²) in [5.74, 6) is -1.14. The molecular weight excluding hydrogens is 265 g/mol. The number of nitrogens with one attached hydrogen (secondary N) is 2. The summed E-state index contributed by atoms with van der Waals surface area (Å²) in [5.41, 5.74) is 0. The van der Waals surface area contributed by atoms with E-state index in [1.165, 1.54) is 6.92 Å². The summed E-state index contributed by atoms with van der Waals surface area (Å²) >= 11 is 0. The van der Waals surface area contributed by atoms with Gasteiger partial charge in [0.15, 0.2) is 0 Å². The van der Waals surface area contributed by atoms with Crippen LogP contribution < -0.4 is 10.6 Å². The van der Waals surface area contributed by atoms with Gasteiger partial charge in [-0.2, -0.15) is 0 Å². The molecule has 0 spiro atoms. The van der Waals surface area contributed by atoms with Gasteiger partial charge in [0.05, 0.1) is 12.5 Å². The number of likely N-dealkylation sites (N-methyl/N-ethyl adjacent to an activating group) is 1. The number of rotatable bonds is 10. The minimum Gasteiger partial charge on any atom is -0.481 e. The van der Waals surface area contributed by atoms with Crippen LogP contribution in [0.3, 0.4) is 0 Å². The molecule has 0 aliphatic heterocycles. The molecular formula is C13H25N3O4. The molecule has 0 aliphatic rings. The topological polar surface area (TPSA) is 98.7 Å². The van der Waals surface area contributed by atoms with Crippen molar-refractivity contribution in [3.8, 4) is 0 Å². The van der Waals surface area contributed by atoms with Gasteiger partial charge in [0.2, 0.25) is 11.8 Å². The van der Waals surface area contributed by atoms with Crippen LogP contribution in [0.2, 0.25) is 0 Å². The molecule has 7 nitrogen and oxygen atoms in total. The highest BCUT2D eigenvalue weighted by Gasteiger charge is 2.19. The minimum atomic E-state index is -0.929. The second-order valence-corrected chi connectivity index (χ2v) is 4.89. The summed E-state index contributed by atoms with van der Waals surface area (Å²) in [6.45, 7) is 2.22.